The number of nitrogens with zero attached hydrogens (tertiary/aromatic N) is 3. The van der Waals surface area contributed by atoms with Gasteiger partial charge in [-0.05, 0) is 32.2 Å². The maximum Gasteiger partial charge on any atom is 0.327 e. The molecule has 0 aliphatic rings. The van der Waals surface area contributed by atoms with Gasteiger partial charge in [-0.25, -0.2) is 0 Å². The second-order valence-electron chi connectivity index (χ2n) is 5.63. The van der Waals surface area contributed by atoms with Gasteiger partial charge in [-0.1, -0.05) is 6.07 Å². The quantitative estimate of drug-likeness (QED) is 0.466. The van der Waals surface area contributed by atoms with Gasteiger partial charge in [-0.3, -0.25) is 14.9 Å². The number of thiophene rings is 1. The van der Waals surface area contributed by atoms with Crippen LogP contribution in [0.3, 0.4) is 0 Å². The fourth-order valence-corrected chi connectivity index (χ4v) is 2.89. The van der Waals surface area contributed by atoms with Gasteiger partial charge in [0, 0.05) is 9.80 Å². The lowest BCUT2D eigenvalue weighted by Crippen LogP contribution is -2.50. The third-order valence-corrected chi connectivity index (χ3v) is 3.90. The monoisotopic (exact) mass is 321 g/mol. The van der Waals surface area contributed by atoms with E-state index in [4.69, 9.17) is 4.74 Å². The Morgan fingerprint density at radius 3 is 2.41 bits per heavy atom. The van der Waals surface area contributed by atoms with E-state index in [9.17, 15) is 25.4 Å². The predicted octanol–water partition coefficient (Wildman–Crippen LogP) is 2.27. The maximum absolute atomic E-state index is 12.7. The van der Waals surface area contributed by atoms with Crippen molar-refractivity contribution in [2.24, 2.45) is 5.92 Å². The Morgan fingerprint density at radius 1 is 1.45 bits per heavy atom. The van der Waals surface area contributed by atoms with E-state index in [0.29, 0.717) is 0 Å². The van der Waals surface area contributed by atoms with E-state index < -0.39 is 34.4 Å². The number of carbonyl (C=O) groups is 1. The van der Waals surface area contributed by atoms with E-state index >= 15 is 0 Å². The smallest absolute Gasteiger partial charge is 0.327 e. The Kier molecular flexibility index (Phi) is 5.23. The molecule has 1 aromatic rings. The molecule has 1 atom stereocenters. The van der Waals surface area contributed by atoms with Crippen LogP contribution in [-0.2, 0) is 14.9 Å². The van der Waals surface area contributed by atoms with Crippen molar-refractivity contribution in [3.05, 3.63) is 32.5 Å². The summed E-state index contributed by atoms with van der Waals surface area (Å²) in [5, 5.41) is 31.2. The van der Waals surface area contributed by atoms with Gasteiger partial charge in [0.2, 0.25) is 6.54 Å². The molecule has 1 heterocycles. The largest absolute Gasteiger partial charge is 0.459 e. The first-order valence-corrected chi connectivity index (χ1v) is 7.24. The fraction of sp³-hybridized carbons (Fsp3) is 0.500. The van der Waals surface area contributed by atoms with Gasteiger partial charge >= 0.3 is 5.97 Å². The Bertz CT molecular complexity index is 623. The summed E-state index contributed by atoms with van der Waals surface area (Å²) in [5.41, 5.74) is -2.83. The Hall–Kier alpha value is -2.45. The van der Waals surface area contributed by atoms with Crippen LogP contribution in [0.15, 0.2) is 17.5 Å². The van der Waals surface area contributed by atoms with Crippen LogP contribution in [0.4, 0.5) is 0 Å². The maximum atomic E-state index is 12.7. The minimum absolute atomic E-state index is 0.270. The van der Waals surface area contributed by atoms with Crippen LogP contribution in [0, 0.1) is 38.7 Å². The fourth-order valence-electron chi connectivity index (χ4n) is 1.95. The van der Waals surface area contributed by atoms with Gasteiger partial charge in [-0.15, -0.1) is 11.3 Å². The lowest BCUT2D eigenvalue weighted by molar-refractivity contribution is -0.489. The molecule has 0 unspecified atom stereocenters. The zero-order valence-corrected chi connectivity index (χ0v) is 13.2. The third kappa shape index (κ3) is 3.60. The summed E-state index contributed by atoms with van der Waals surface area (Å²) in [7, 11) is 0. The van der Waals surface area contributed by atoms with Crippen molar-refractivity contribution in [2.45, 2.75) is 31.8 Å². The van der Waals surface area contributed by atoms with Crippen LogP contribution in [0.1, 0.15) is 25.6 Å². The number of esters is 1. The van der Waals surface area contributed by atoms with Gasteiger partial charge in [-0.2, -0.15) is 10.5 Å². The molecule has 0 amide bonds. The van der Waals surface area contributed by atoms with Gasteiger partial charge in [0.15, 0.2) is 11.3 Å². The van der Waals surface area contributed by atoms with Crippen LogP contribution in [0.2, 0.25) is 0 Å². The molecule has 0 aromatic carbocycles. The van der Waals surface area contributed by atoms with Crippen molar-refractivity contribution >= 4 is 17.3 Å². The van der Waals surface area contributed by atoms with Crippen molar-refractivity contribution in [2.75, 3.05) is 6.54 Å². The van der Waals surface area contributed by atoms with Crippen molar-refractivity contribution in [1.82, 2.24) is 0 Å². The number of nitriles is 2. The number of ether oxygens (including phenoxy) is 1. The zero-order valence-electron chi connectivity index (χ0n) is 12.4. The number of carbonyl (C=O) groups excluding carboxylic acids is 1. The van der Waals surface area contributed by atoms with E-state index in [1.54, 1.807) is 44.4 Å². The summed E-state index contributed by atoms with van der Waals surface area (Å²) in [4.78, 5) is 23.3. The lowest BCUT2D eigenvalue weighted by atomic mass is 9.75. The molecular weight excluding hydrogens is 306 g/mol. The molecule has 8 heteroatoms. The standard InChI is InChI=1S/C14H15N3O4S/c1-13(2,3)21-12(18)14(9-17(19)20,10(7-15)8-16)11-5-4-6-22-11/h4-6,10H,9H2,1-3H3/t14-/m0/s1. The first kappa shape index (κ1) is 17.6. The summed E-state index contributed by atoms with van der Waals surface area (Å²) >= 11 is 1.08. The van der Waals surface area contributed by atoms with E-state index in [2.05, 4.69) is 0 Å². The molecule has 0 N–H and O–H groups in total. The zero-order chi connectivity index (χ0) is 17.0. The molecule has 0 spiro atoms. The van der Waals surface area contributed by atoms with Crippen LogP contribution < -0.4 is 0 Å². The molecule has 22 heavy (non-hydrogen) atoms. The Labute approximate surface area is 131 Å². The van der Waals surface area contributed by atoms with Crippen LogP contribution >= 0.6 is 11.3 Å². The molecule has 1 rings (SSSR count). The normalized spacial score (nSPS) is 13.7. The summed E-state index contributed by atoms with van der Waals surface area (Å²) in [5.74, 6) is -2.46. The molecule has 0 saturated heterocycles. The molecule has 0 aliphatic heterocycles. The SMILES string of the molecule is CC(C)(C)OC(=O)[C@](C[N+](=O)[O-])(c1cccs1)C(C#N)C#N. The summed E-state index contributed by atoms with van der Waals surface area (Å²) in [6.07, 6.45) is 0. The summed E-state index contributed by atoms with van der Waals surface area (Å²) < 4.78 is 5.27. The number of hydrogen-bond donors (Lipinski definition) is 0. The molecule has 7 nitrogen and oxygen atoms in total. The second kappa shape index (κ2) is 6.54. The van der Waals surface area contributed by atoms with Crippen molar-refractivity contribution in [3.8, 4) is 12.1 Å². The summed E-state index contributed by atoms with van der Waals surface area (Å²) in [6, 6.07) is 6.49. The highest BCUT2D eigenvalue weighted by molar-refractivity contribution is 7.10. The van der Waals surface area contributed by atoms with Crippen LogP contribution in [-0.4, -0.2) is 23.0 Å². The Morgan fingerprint density at radius 2 is 2.05 bits per heavy atom. The number of nitro groups is 1. The van der Waals surface area contributed by atoms with E-state index in [1.807, 2.05) is 0 Å². The molecule has 0 saturated carbocycles. The molecule has 0 aliphatic carbocycles. The summed E-state index contributed by atoms with van der Waals surface area (Å²) in [6.45, 7) is 3.96. The van der Waals surface area contributed by atoms with E-state index in [1.165, 1.54) is 6.07 Å². The average molecular weight is 321 g/mol. The highest BCUT2D eigenvalue weighted by atomic mass is 32.1. The van der Waals surface area contributed by atoms with Gasteiger partial charge in [0.25, 0.3) is 0 Å². The Balaban J connectivity index is 3.53. The van der Waals surface area contributed by atoms with E-state index in [0.717, 1.165) is 11.3 Å². The molecule has 0 bridgehead atoms. The van der Waals surface area contributed by atoms with Crippen molar-refractivity contribution < 1.29 is 14.5 Å². The molecule has 1 aromatic heterocycles. The molecular formula is C14H15N3O4S. The van der Waals surface area contributed by atoms with Crippen molar-refractivity contribution in [3.63, 3.8) is 0 Å². The number of hydrogen-bond acceptors (Lipinski definition) is 7. The first-order valence-electron chi connectivity index (χ1n) is 6.36. The third-order valence-electron chi connectivity index (χ3n) is 2.85. The predicted molar refractivity (Wildman–Crippen MR) is 78.4 cm³/mol. The highest BCUT2D eigenvalue weighted by Gasteiger charge is 2.55. The minimum atomic E-state index is -1.94. The molecule has 0 radical (unpaired) electrons. The van der Waals surface area contributed by atoms with Crippen molar-refractivity contribution in [1.29, 1.82) is 10.5 Å². The first-order chi connectivity index (χ1) is 10.2. The van der Waals surface area contributed by atoms with Crippen LogP contribution in [0.25, 0.3) is 0 Å². The lowest BCUT2D eigenvalue weighted by Gasteiger charge is -2.31. The van der Waals surface area contributed by atoms with Crippen LogP contribution in [0.5, 0.6) is 0 Å². The highest BCUT2D eigenvalue weighted by Crippen LogP contribution is 2.38. The topological polar surface area (TPSA) is 117 Å². The van der Waals surface area contributed by atoms with Gasteiger partial charge in [0.1, 0.15) is 5.60 Å². The second-order valence-corrected chi connectivity index (χ2v) is 6.58. The molecule has 0 fully saturated rings. The van der Waals surface area contributed by atoms with Gasteiger partial charge in [0.05, 0.1) is 12.1 Å². The van der Waals surface area contributed by atoms with Gasteiger partial charge < -0.3 is 4.74 Å². The number of rotatable bonds is 5. The minimum Gasteiger partial charge on any atom is -0.459 e. The van der Waals surface area contributed by atoms with E-state index in [-0.39, 0.29) is 4.88 Å². The average Bonchev–Trinajstić information content (AvgIpc) is 2.90. The molecule has 116 valence electrons.